The third kappa shape index (κ3) is 3.28. The third-order valence-electron chi connectivity index (χ3n) is 1.86. The summed E-state index contributed by atoms with van der Waals surface area (Å²) in [4.78, 5) is 10.8. The summed E-state index contributed by atoms with van der Waals surface area (Å²) in [6.45, 7) is 0. The molecular weight excluding hydrogens is 211 g/mol. The summed E-state index contributed by atoms with van der Waals surface area (Å²) in [6.07, 6.45) is -0.0624. The number of methoxy groups -OCH3 is 2. The zero-order valence-electron chi connectivity index (χ0n) is 9.04. The summed E-state index contributed by atoms with van der Waals surface area (Å²) in [6, 6.07) is 4.24. The highest BCUT2D eigenvalue weighted by Crippen LogP contribution is 2.15. The maximum absolute atomic E-state index is 13.2. The first-order chi connectivity index (χ1) is 7.67. The van der Waals surface area contributed by atoms with E-state index in [9.17, 15) is 9.18 Å². The molecule has 84 valence electrons. The second-order valence-corrected chi connectivity index (χ2v) is 2.90. The maximum Gasteiger partial charge on any atom is 0.317 e. The van der Waals surface area contributed by atoms with Gasteiger partial charge in [0.2, 0.25) is 0 Å². The van der Waals surface area contributed by atoms with Crippen molar-refractivity contribution in [3.05, 3.63) is 29.6 Å². The maximum atomic E-state index is 13.2. The summed E-state index contributed by atoms with van der Waals surface area (Å²) < 4.78 is 22.6. The molecule has 0 radical (unpaired) electrons. The van der Waals surface area contributed by atoms with Crippen LogP contribution in [-0.2, 0) is 9.53 Å². The number of esters is 1. The molecule has 0 aliphatic heterocycles. The Morgan fingerprint density at radius 1 is 1.44 bits per heavy atom. The van der Waals surface area contributed by atoms with E-state index in [1.807, 2.05) is 0 Å². The van der Waals surface area contributed by atoms with Gasteiger partial charge < -0.3 is 9.47 Å². The minimum Gasteiger partial charge on any atom is -0.497 e. The topological polar surface area (TPSA) is 35.5 Å². The lowest BCUT2D eigenvalue weighted by Crippen LogP contribution is -1.97. The van der Waals surface area contributed by atoms with Gasteiger partial charge in [0.1, 0.15) is 18.0 Å². The van der Waals surface area contributed by atoms with E-state index < -0.39 is 11.8 Å². The molecule has 0 aromatic heterocycles. The smallest absolute Gasteiger partial charge is 0.317 e. The number of halogens is 1. The normalized spacial score (nSPS) is 8.94. The van der Waals surface area contributed by atoms with E-state index in [-0.39, 0.29) is 12.0 Å². The first-order valence-corrected chi connectivity index (χ1v) is 4.56. The molecular formula is C12H11FO3. The highest BCUT2D eigenvalue weighted by Gasteiger charge is 2.01. The van der Waals surface area contributed by atoms with Crippen LogP contribution in [-0.4, -0.2) is 20.2 Å². The summed E-state index contributed by atoms with van der Waals surface area (Å²) in [5.41, 5.74) is 0.197. The van der Waals surface area contributed by atoms with Gasteiger partial charge in [-0.15, -0.1) is 0 Å². The van der Waals surface area contributed by atoms with E-state index in [1.165, 1.54) is 32.4 Å². The molecule has 0 aliphatic carbocycles. The van der Waals surface area contributed by atoms with Gasteiger partial charge in [-0.05, 0) is 18.2 Å². The van der Waals surface area contributed by atoms with Crippen molar-refractivity contribution in [3.63, 3.8) is 0 Å². The average Bonchev–Trinajstić information content (AvgIpc) is 2.31. The molecule has 0 N–H and O–H groups in total. The van der Waals surface area contributed by atoms with Gasteiger partial charge in [-0.25, -0.2) is 4.39 Å². The molecule has 0 atom stereocenters. The van der Waals surface area contributed by atoms with Crippen LogP contribution in [0, 0.1) is 17.7 Å². The van der Waals surface area contributed by atoms with Crippen molar-refractivity contribution >= 4 is 5.97 Å². The largest absolute Gasteiger partial charge is 0.497 e. The summed E-state index contributed by atoms with van der Waals surface area (Å²) in [7, 11) is 2.76. The molecule has 1 rings (SSSR count). The fraction of sp³-hybridized carbons (Fsp3) is 0.250. The molecule has 0 saturated carbocycles. The van der Waals surface area contributed by atoms with E-state index in [2.05, 4.69) is 16.6 Å². The number of hydrogen-bond donors (Lipinski definition) is 0. The van der Waals surface area contributed by atoms with E-state index in [4.69, 9.17) is 4.74 Å². The Labute approximate surface area is 93.2 Å². The monoisotopic (exact) mass is 222 g/mol. The van der Waals surface area contributed by atoms with Crippen molar-refractivity contribution in [1.82, 2.24) is 0 Å². The lowest BCUT2D eigenvalue weighted by atomic mass is 10.2. The first-order valence-electron chi connectivity index (χ1n) is 4.56. The van der Waals surface area contributed by atoms with Gasteiger partial charge in [0.05, 0.1) is 19.8 Å². The van der Waals surface area contributed by atoms with Crippen molar-refractivity contribution in [2.75, 3.05) is 14.2 Å². The molecule has 0 fully saturated rings. The van der Waals surface area contributed by atoms with Gasteiger partial charge in [-0.3, -0.25) is 4.79 Å². The molecule has 0 amide bonds. The zero-order chi connectivity index (χ0) is 12.0. The van der Waals surface area contributed by atoms with Crippen molar-refractivity contribution < 1.29 is 18.7 Å². The van der Waals surface area contributed by atoms with Gasteiger partial charge in [-0.1, -0.05) is 11.8 Å². The lowest BCUT2D eigenvalue weighted by molar-refractivity contribution is -0.139. The van der Waals surface area contributed by atoms with Gasteiger partial charge in [-0.2, -0.15) is 0 Å². The molecule has 0 aliphatic rings. The Hall–Kier alpha value is -2.02. The molecule has 4 heteroatoms. The minimum absolute atomic E-state index is 0.0624. The van der Waals surface area contributed by atoms with Crippen LogP contribution in [0.2, 0.25) is 0 Å². The van der Waals surface area contributed by atoms with E-state index in [1.54, 1.807) is 0 Å². The van der Waals surface area contributed by atoms with Gasteiger partial charge in [0.15, 0.2) is 0 Å². The van der Waals surface area contributed by atoms with Crippen LogP contribution in [0.1, 0.15) is 12.0 Å². The molecule has 0 saturated heterocycles. The Kier molecular flexibility index (Phi) is 4.34. The highest BCUT2D eigenvalue weighted by atomic mass is 19.1. The number of hydrogen-bond acceptors (Lipinski definition) is 3. The van der Waals surface area contributed by atoms with Crippen LogP contribution in [0.5, 0.6) is 5.75 Å². The number of rotatable bonds is 2. The van der Waals surface area contributed by atoms with E-state index in [0.29, 0.717) is 5.75 Å². The van der Waals surface area contributed by atoms with Crippen LogP contribution in [0.15, 0.2) is 18.2 Å². The molecule has 16 heavy (non-hydrogen) atoms. The van der Waals surface area contributed by atoms with Gasteiger partial charge >= 0.3 is 5.97 Å². The average molecular weight is 222 g/mol. The number of carbonyl (C=O) groups is 1. The molecule has 3 nitrogen and oxygen atoms in total. The predicted molar refractivity (Wildman–Crippen MR) is 56.5 cm³/mol. The third-order valence-corrected chi connectivity index (χ3v) is 1.86. The van der Waals surface area contributed by atoms with Crippen molar-refractivity contribution in [1.29, 1.82) is 0 Å². The van der Waals surface area contributed by atoms with E-state index in [0.717, 1.165) is 0 Å². The fourth-order valence-electron chi connectivity index (χ4n) is 1.01. The second-order valence-electron chi connectivity index (χ2n) is 2.90. The second kappa shape index (κ2) is 5.76. The number of benzene rings is 1. The SMILES string of the molecule is COC(=O)CC#Cc1cc(OC)ccc1F. The minimum atomic E-state index is -0.448. The number of ether oxygens (including phenoxy) is 2. The fourth-order valence-corrected chi connectivity index (χ4v) is 1.01. The molecule has 0 bridgehead atoms. The number of carbonyl (C=O) groups excluding carboxylic acids is 1. The van der Waals surface area contributed by atoms with E-state index >= 15 is 0 Å². The molecule has 1 aromatic carbocycles. The van der Waals surface area contributed by atoms with Crippen molar-refractivity contribution in [2.45, 2.75) is 6.42 Å². The Bertz CT molecular complexity index is 443. The quantitative estimate of drug-likeness (QED) is 0.565. The summed E-state index contributed by atoms with van der Waals surface area (Å²) >= 11 is 0. The molecule has 0 heterocycles. The molecule has 1 aromatic rings. The molecule has 0 spiro atoms. The highest BCUT2D eigenvalue weighted by molar-refractivity contribution is 5.72. The lowest BCUT2D eigenvalue weighted by Gasteiger charge is -2.00. The molecule has 0 unspecified atom stereocenters. The van der Waals surface area contributed by atoms with Gasteiger partial charge in [0.25, 0.3) is 0 Å². The van der Waals surface area contributed by atoms with Crippen molar-refractivity contribution in [3.8, 4) is 17.6 Å². The van der Waals surface area contributed by atoms with Gasteiger partial charge in [0, 0.05) is 0 Å². The first kappa shape index (κ1) is 12.1. The Balaban J connectivity index is 2.83. The van der Waals surface area contributed by atoms with Crippen LogP contribution >= 0.6 is 0 Å². The zero-order valence-corrected chi connectivity index (χ0v) is 9.04. The standard InChI is InChI=1S/C12H11FO3/c1-15-10-6-7-11(13)9(8-10)4-3-5-12(14)16-2/h6-8H,5H2,1-2H3. The Morgan fingerprint density at radius 3 is 2.81 bits per heavy atom. The Morgan fingerprint density at radius 2 is 2.19 bits per heavy atom. The van der Waals surface area contributed by atoms with Crippen LogP contribution < -0.4 is 4.74 Å². The van der Waals surface area contributed by atoms with Crippen LogP contribution in [0.4, 0.5) is 4.39 Å². The van der Waals surface area contributed by atoms with Crippen molar-refractivity contribution in [2.24, 2.45) is 0 Å². The predicted octanol–water partition coefficient (Wildman–Crippen LogP) is 1.75. The summed E-state index contributed by atoms with van der Waals surface area (Å²) in [5.74, 6) is 4.69. The van der Waals surface area contributed by atoms with Crippen LogP contribution in [0.3, 0.4) is 0 Å². The van der Waals surface area contributed by atoms with Crippen LogP contribution in [0.25, 0.3) is 0 Å². The summed E-state index contributed by atoms with van der Waals surface area (Å²) in [5, 5.41) is 0.